The van der Waals surface area contributed by atoms with Crippen LogP contribution in [0.15, 0.2) is 24.4 Å². The van der Waals surface area contributed by atoms with Crippen LogP contribution in [0.25, 0.3) is 0 Å². The molecule has 1 fully saturated rings. The van der Waals surface area contributed by atoms with Gasteiger partial charge in [0.05, 0.1) is 24.8 Å². The van der Waals surface area contributed by atoms with E-state index in [9.17, 15) is 5.11 Å². The first kappa shape index (κ1) is 8.97. The summed E-state index contributed by atoms with van der Waals surface area (Å²) in [5.74, 6) is 0.678. The molecule has 0 radical (unpaired) electrons. The van der Waals surface area contributed by atoms with Crippen molar-refractivity contribution in [3.8, 4) is 0 Å². The molecule has 2 aliphatic rings. The van der Waals surface area contributed by atoms with Crippen LogP contribution >= 0.6 is 0 Å². The number of ether oxygens (including phenoxy) is 1. The van der Waals surface area contributed by atoms with E-state index >= 15 is 0 Å². The summed E-state index contributed by atoms with van der Waals surface area (Å²) in [5.41, 5.74) is 0.852. The zero-order valence-electron chi connectivity index (χ0n) is 8.47. The molecule has 4 heteroatoms. The van der Waals surface area contributed by atoms with Crippen LogP contribution in [0.3, 0.4) is 0 Å². The highest BCUT2D eigenvalue weighted by molar-refractivity contribution is 5.17. The Kier molecular flexibility index (Phi) is 2.02. The van der Waals surface area contributed by atoms with Crippen LogP contribution in [-0.4, -0.2) is 21.3 Å². The molecule has 1 aromatic rings. The lowest BCUT2D eigenvalue weighted by Crippen LogP contribution is -2.08. The van der Waals surface area contributed by atoms with Gasteiger partial charge in [0.2, 0.25) is 0 Å². The lowest BCUT2D eigenvalue weighted by molar-refractivity contribution is 0.113. The average Bonchev–Trinajstić information content (AvgIpc) is 2.82. The fourth-order valence-corrected chi connectivity index (χ4v) is 1.96. The first-order valence-corrected chi connectivity index (χ1v) is 5.39. The zero-order valence-corrected chi connectivity index (χ0v) is 8.47. The first-order valence-electron chi connectivity index (χ1n) is 5.39. The third-order valence-electron chi connectivity index (χ3n) is 2.92. The molecule has 80 valence electrons. The van der Waals surface area contributed by atoms with E-state index in [1.54, 1.807) is 12.5 Å². The van der Waals surface area contributed by atoms with Gasteiger partial charge in [-0.25, -0.2) is 4.98 Å². The van der Waals surface area contributed by atoms with Gasteiger partial charge in [0, 0.05) is 12.5 Å². The number of nitrogens with zero attached hydrogens (tertiary/aromatic N) is 2. The molecule has 1 aromatic heterocycles. The topological polar surface area (TPSA) is 47.3 Å². The van der Waals surface area contributed by atoms with Crippen LogP contribution in [0.2, 0.25) is 0 Å². The van der Waals surface area contributed by atoms with Crippen molar-refractivity contribution in [2.45, 2.75) is 31.4 Å². The molecular formula is C11H14N2O2. The van der Waals surface area contributed by atoms with Crippen molar-refractivity contribution in [2.24, 2.45) is 0 Å². The van der Waals surface area contributed by atoms with E-state index in [0.717, 1.165) is 12.1 Å². The highest BCUT2D eigenvalue weighted by Gasteiger charge is 2.29. The molecule has 0 spiro atoms. The van der Waals surface area contributed by atoms with E-state index in [1.807, 2.05) is 6.08 Å². The van der Waals surface area contributed by atoms with Crippen molar-refractivity contribution in [1.82, 2.24) is 9.55 Å². The van der Waals surface area contributed by atoms with Gasteiger partial charge in [-0.15, -0.1) is 0 Å². The Morgan fingerprint density at radius 2 is 2.40 bits per heavy atom. The molecule has 0 amide bonds. The molecule has 0 aromatic carbocycles. The van der Waals surface area contributed by atoms with E-state index in [0.29, 0.717) is 18.4 Å². The van der Waals surface area contributed by atoms with Gasteiger partial charge in [-0.05, 0) is 18.9 Å². The predicted molar refractivity (Wildman–Crippen MR) is 54.1 cm³/mol. The number of hydrogen-bond donors (Lipinski definition) is 1. The summed E-state index contributed by atoms with van der Waals surface area (Å²) in [6, 6.07) is 0.541. The van der Waals surface area contributed by atoms with Crippen LogP contribution in [0.1, 0.15) is 37.1 Å². The van der Waals surface area contributed by atoms with Gasteiger partial charge in [-0.3, -0.25) is 0 Å². The third-order valence-corrected chi connectivity index (χ3v) is 2.92. The molecule has 1 unspecified atom stereocenters. The molecule has 0 saturated heterocycles. The normalized spacial score (nSPS) is 22.3. The maximum atomic E-state index is 10.1. The summed E-state index contributed by atoms with van der Waals surface area (Å²) >= 11 is 0. The number of rotatable bonds is 3. The summed E-state index contributed by atoms with van der Waals surface area (Å²) in [4.78, 5) is 4.10. The van der Waals surface area contributed by atoms with E-state index in [-0.39, 0.29) is 0 Å². The van der Waals surface area contributed by atoms with E-state index in [4.69, 9.17) is 4.74 Å². The Hall–Kier alpha value is -1.29. The summed E-state index contributed by atoms with van der Waals surface area (Å²) < 4.78 is 7.43. The highest BCUT2D eigenvalue weighted by Crippen LogP contribution is 2.38. The summed E-state index contributed by atoms with van der Waals surface area (Å²) in [5, 5.41) is 10.1. The minimum absolute atomic E-state index is 0.541. The van der Waals surface area contributed by atoms with Gasteiger partial charge < -0.3 is 14.4 Å². The lowest BCUT2D eigenvalue weighted by atomic mass is 10.2. The maximum Gasteiger partial charge on any atom is 0.152 e. The van der Waals surface area contributed by atoms with Gasteiger partial charge >= 0.3 is 0 Å². The second kappa shape index (κ2) is 3.38. The smallest absolute Gasteiger partial charge is 0.152 e. The Bertz CT molecular complexity index is 393. The molecule has 4 nitrogen and oxygen atoms in total. The highest BCUT2D eigenvalue weighted by atomic mass is 16.5. The summed E-state index contributed by atoms with van der Waals surface area (Å²) in [6.07, 6.45) is 8.11. The van der Waals surface area contributed by atoms with Gasteiger partial charge in [-0.1, -0.05) is 0 Å². The van der Waals surface area contributed by atoms with Gasteiger partial charge in [-0.2, -0.15) is 0 Å². The number of aliphatic hydroxyl groups is 1. The van der Waals surface area contributed by atoms with Gasteiger partial charge in [0.1, 0.15) is 5.76 Å². The molecule has 1 N–H and O–H groups in total. The first-order chi connectivity index (χ1) is 7.36. The van der Waals surface area contributed by atoms with Crippen LogP contribution in [0, 0.1) is 0 Å². The maximum absolute atomic E-state index is 10.1. The second-order valence-electron chi connectivity index (χ2n) is 4.10. The molecule has 3 rings (SSSR count). The SMILES string of the molecule is OC(C1=CCCO1)c1cncn1C1CC1. The number of aliphatic hydroxyl groups excluding tert-OH is 1. The molecule has 1 aliphatic heterocycles. The van der Waals surface area contributed by atoms with Crippen molar-refractivity contribution >= 4 is 0 Å². The van der Waals surface area contributed by atoms with Crippen molar-refractivity contribution in [3.63, 3.8) is 0 Å². The minimum atomic E-state index is -0.643. The van der Waals surface area contributed by atoms with E-state index in [1.165, 1.54) is 12.8 Å². The molecular weight excluding hydrogens is 192 g/mol. The van der Waals surface area contributed by atoms with Gasteiger partial charge in [0.25, 0.3) is 0 Å². The summed E-state index contributed by atoms with van der Waals surface area (Å²) in [7, 11) is 0. The molecule has 1 atom stereocenters. The fraction of sp³-hybridized carbons (Fsp3) is 0.545. The molecule has 1 aliphatic carbocycles. The van der Waals surface area contributed by atoms with Crippen molar-refractivity contribution in [1.29, 1.82) is 0 Å². The Morgan fingerprint density at radius 1 is 1.53 bits per heavy atom. The minimum Gasteiger partial charge on any atom is -0.495 e. The lowest BCUT2D eigenvalue weighted by Gasteiger charge is -2.14. The number of hydrogen-bond acceptors (Lipinski definition) is 3. The quantitative estimate of drug-likeness (QED) is 0.816. The Labute approximate surface area is 88.2 Å². The van der Waals surface area contributed by atoms with E-state index < -0.39 is 6.10 Å². The van der Waals surface area contributed by atoms with Crippen molar-refractivity contribution in [2.75, 3.05) is 6.61 Å². The van der Waals surface area contributed by atoms with E-state index in [2.05, 4.69) is 9.55 Å². The Morgan fingerprint density at radius 3 is 3.07 bits per heavy atom. The average molecular weight is 206 g/mol. The van der Waals surface area contributed by atoms with Crippen molar-refractivity contribution in [3.05, 3.63) is 30.1 Å². The third kappa shape index (κ3) is 1.55. The zero-order chi connectivity index (χ0) is 10.3. The second-order valence-corrected chi connectivity index (χ2v) is 4.10. The standard InChI is InChI=1S/C11H14N2O2/c14-11(10-2-1-5-15-10)9-6-12-7-13(9)8-3-4-8/h2,6-8,11,14H,1,3-5H2. The van der Waals surface area contributed by atoms with Crippen LogP contribution in [-0.2, 0) is 4.74 Å². The molecule has 1 saturated carbocycles. The molecule has 2 heterocycles. The van der Waals surface area contributed by atoms with Crippen LogP contribution in [0.5, 0.6) is 0 Å². The fourth-order valence-electron chi connectivity index (χ4n) is 1.96. The number of imidazole rings is 1. The molecule has 15 heavy (non-hydrogen) atoms. The van der Waals surface area contributed by atoms with Crippen molar-refractivity contribution < 1.29 is 9.84 Å². The van der Waals surface area contributed by atoms with Crippen LogP contribution < -0.4 is 0 Å². The Balaban J connectivity index is 1.87. The predicted octanol–water partition coefficient (Wildman–Crippen LogP) is 1.56. The van der Waals surface area contributed by atoms with Crippen LogP contribution in [0.4, 0.5) is 0 Å². The summed E-state index contributed by atoms with van der Waals surface area (Å²) in [6.45, 7) is 0.684. The van der Waals surface area contributed by atoms with Gasteiger partial charge in [0.15, 0.2) is 6.10 Å². The molecule has 0 bridgehead atoms. The number of aromatic nitrogens is 2. The monoisotopic (exact) mass is 206 g/mol. The largest absolute Gasteiger partial charge is 0.495 e.